The van der Waals surface area contributed by atoms with Crippen molar-refractivity contribution in [3.63, 3.8) is 0 Å². The van der Waals surface area contributed by atoms with E-state index in [0.717, 1.165) is 24.3 Å². The third-order valence-corrected chi connectivity index (χ3v) is 4.24. The van der Waals surface area contributed by atoms with Crippen molar-refractivity contribution in [3.05, 3.63) is 29.8 Å². The maximum Gasteiger partial charge on any atom is 0.234 e. The normalized spacial score (nSPS) is 25.7. The number of carbonyl (C=O) groups is 2. The molecule has 3 N–H and O–H groups in total. The molecule has 0 bridgehead atoms. The Morgan fingerprint density at radius 2 is 2.14 bits per heavy atom. The Balaban J connectivity index is 1.64. The van der Waals surface area contributed by atoms with Gasteiger partial charge in [-0.05, 0) is 43.5 Å². The van der Waals surface area contributed by atoms with Gasteiger partial charge >= 0.3 is 0 Å². The van der Waals surface area contributed by atoms with E-state index in [9.17, 15) is 9.59 Å². The standard InChI is InChI=1S/C16H21N3O2/c20-15-7-6-14(16(21)19-15)11-3-1-4-12(9-11)18-10-13-5-2-8-17-13/h1,3-4,9,13-14,17-18H,2,5-8,10H2,(H,19,20,21)/t13-,14?/m0/s1. The van der Waals surface area contributed by atoms with Crippen LogP contribution in [0.25, 0.3) is 0 Å². The highest BCUT2D eigenvalue weighted by Gasteiger charge is 2.27. The van der Waals surface area contributed by atoms with Crippen molar-refractivity contribution in [1.29, 1.82) is 0 Å². The zero-order valence-corrected chi connectivity index (χ0v) is 12.0. The van der Waals surface area contributed by atoms with Gasteiger partial charge in [-0.2, -0.15) is 0 Å². The number of amides is 2. The van der Waals surface area contributed by atoms with E-state index in [1.54, 1.807) is 0 Å². The molecule has 2 aliphatic heterocycles. The zero-order chi connectivity index (χ0) is 14.7. The van der Waals surface area contributed by atoms with Gasteiger partial charge in [-0.15, -0.1) is 0 Å². The van der Waals surface area contributed by atoms with Crippen molar-refractivity contribution in [2.24, 2.45) is 0 Å². The van der Waals surface area contributed by atoms with Gasteiger partial charge in [0, 0.05) is 24.7 Å². The Hall–Kier alpha value is -1.88. The minimum atomic E-state index is -0.214. The molecule has 0 aliphatic carbocycles. The number of hydrogen-bond acceptors (Lipinski definition) is 4. The molecule has 2 amide bonds. The van der Waals surface area contributed by atoms with Crippen LogP contribution in [0.15, 0.2) is 24.3 Å². The molecule has 2 fully saturated rings. The molecule has 3 rings (SSSR count). The fourth-order valence-electron chi connectivity index (χ4n) is 3.05. The Labute approximate surface area is 124 Å². The van der Waals surface area contributed by atoms with E-state index in [2.05, 4.69) is 16.0 Å². The van der Waals surface area contributed by atoms with Gasteiger partial charge in [-0.25, -0.2) is 0 Å². The SMILES string of the molecule is O=C1CCC(c2cccc(NC[C@@H]3CCCN3)c2)C(=O)N1. The van der Waals surface area contributed by atoms with Crippen LogP contribution >= 0.6 is 0 Å². The summed E-state index contributed by atoms with van der Waals surface area (Å²) in [5.74, 6) is -0.562. The van der Waals surface area contributed by atoms with Crippen LogP contribution in [-0.2, 0) is 9.59 Å². The summed E-state index contributed by atoms with van der Waals surface area (Å²) in [6.45, 7) is 2.00. The highest BCUT2D eigenvalue weighted by molar-refractivity contribution is 6.01. The van der Waals surface area contributed by atoms with Crippen LogP contribution in [-0.4, -0.2) is 30.9 Å². The number of piperidine rings is 1. The van der Waals surface area contributed by atoms with Crippen LogP contribution in [0.2, 0.25) is 0 Å². The van der Waals surface area contributed by atoms with Crippen LogP contribution in [0.5, 0.6) is 0 Å². The monoisotopic (exact) mass is 287 g/mol. The largest absolute Gasteiger partial charge is 0.383 e. The fraction of sp³-hybridized carbons (Fsp3) is 0.500. The second-order valence-corrected chi connectivity index (χ2v) is 5.80. The Morgan fingerprint density at radius 1 is 1.24 bits per heavy atom. The molecule has 2 heterocycles. The van der Waals surface area contributed by atoms with Gasteiger partial charge in [0.1, 0.15) is 0 Å². The van der Waals surface area contributed by atoms with Crippen molar-refractivity contribution in [3.8, 4) is 0 Å². The molecule has 1 aromatic rings. The summed E-state index contributed by atoms with van der Waals surface area (Å²) in [6, 6.07) is 8.49. The van der Waals surface area contributed by atoms with Crippen molar-refractivity contribution in [2.75, 3.05) is 18.4 Å². The lowest BCUT2D eigenvalue weighted by Gasteiger charge is -2.22. The molecule has 0 spiro atoms. The Bertz CT molecular complexity index is 538. The van der Waals surface area contributed by atoms with Gasteiger partial charge in [0.2, 0.25) is 11.8 Å². The second-order valence-electron chi connectivity index (χ2n) is 5.80. The maximum atomic E-state index is 11.9. The number of anilines is 1. The van der Waals surface area contributed by atoms with Crippen molar-refractivity contribution >= 4 is 17.5 Å². The first-order valence-corrected chi connectivity index (χ1v) is 7.63. The molecule has 112 valence electrons. The Kier molecular flexibility index (Phi) is 4.20. The van der Waals surface area contributed by atoms with E-state index in [0.29, 0.717) is 18.9 Å². The molecule has 21 heavy (non-hydrogen) atoms. The summed E-state index contributed by atoms with van der Waals surface area (Å²) >= 11 is 0. The first-order chi connectivity index (χ1) is 10.2. The smallest absolute Gasteiger partial charge is 0.234 e. The lowest BCUT2D eigenvalue weighted by Crippen LogP contribution is -2.39. The average Bonchev–Trinajstić information content (AvgIpc) is 2.99. The predicted octanol–water partition coefficient (Wildman–Crippen LogP) is 1.37. The fourth-order valence-corrected chi connectivity index (χ4v) is 3.05. The first-order valence-electron chi connectivity index (χ1n) is 7.63. The number of nitrogens with one attached hydrogen (secondary N) is 3. The van der Waals surface area contributed by atoms with E-state index in [-0.39, 0.29) is 17.7 Å². The van der Waals surface area contributed by atoms with E-state index in [1.807, 2.05) is 24.3 Å². The molecule has 0 aromatic heterocycles. The minimum absolute atomic E-state index is 0.169. The van der Waals surface area contributed by atoms with Crippen molar-refractivity contribution in [2.45, 2.75) is 37.6 Å². The molecular formula is C16H21N3O2. The minimum Gasteiger partial charge on any atom is -0.383 e. The van der Waals surface area contributed by atoms with Gasteiger partial charge in [-0.3, -0.25) is 14.9 Å². The first kappa shape index (κ1) is 14.1. The molecule has 1 unspecified atom stereocenters. The van der Waals surface area contributed by atoms with Crippen LogP contribution in [0.3, 0.4) is 0 Å². The molecule has 2 aliphatic rings. The quantitative estimate of drug-likeness (QED) is 0.732. The summed E-state index contributed by atoms with van der Waals surface area (Å²) in [4.78, 5) is 23.1. The number of rotatable bonds is 4. The maximum absolute atomic E-state index is 11.9. The predicted molar refractivity (Wildman–Crippen MR) is 81.1 cm³/mol. The molecule has 5 heteroatoms. The van der Waals surface area contributed by atoms with Crippen LogP contribution < -0.4 is 16.0 Å². The summed E-state index contributed by atoms with van der Waals surface area (Å²) in [5.41, 5.74) is 2.01. The highest BCUT2D eigenvalue weighted by atomic mass is 16.2. The number of hydrogen-bond donors (Lipinski definition) is 3. The average molecular weight is 287 g/mol. The lowest BCUT2D eigenvalue weighted by molar-refractivity contribution is -0.134. The van der Waals surface area contributed by atoms with Gasteiger partial charge in [-0.1, -0.05) is 12.1 Å². The Morgan fingerprint density at radius 3 is 2.90 bits per heavy atom. The van der Waals surface area contributed by atoms with Gasteiger partial charge < -0.3 is 10.6 Å². The van der Waals surface area contributed by atoms with E-state index >= 15 is 0 Å². The summed E-state index contributed by atoms with van der Waals surface area (Å²) in [7, 11) is 0. The van der Waals surface area contributed by atoms with Gasteiger partial charge in [0.25, 0.3) is 0 Å². The molecule has 0 radical (unpaired) electrons. The molecule has 0 saturated carbocycles. The molecule has 2 saturated heterocycles. The van der Waals surface area contributed by atoms with E-state index in [1.165, 1.54) is 12.8 Å². The van der Waals surface area contributed by atoms with E-state index in [4.69, 9.17) is 0 Å². The summed E-state index contributed by atoms with van der Waals surface area (Å²) < 4.78 is 0. The topological polar surface area (TPSA) is 70.2 Å². The number of imide groups is 1. The van der Waals surface area contributed by atoms with Crippen LogP contribution in [0.1, 0.15) is 37.2 Å². The third-order valence-electron chi connectivity index (χ3n) is 4.24. The highest BCUT2D eigenvalue weighted by Crippen LogP contribution is 2.26. The zero-order valence-electron chi connectivity index (χ0n) is 12.0. The van der Waals surface area contributed by atoms with Crippen LogP contribution in [0, 0.1) is 0 Å². The van der Waals surface area contributed by atoms with E-state index < -0.39 is 0 Å². The van der Waals surface area contributed by atoms with Gasteiger partial charge in [0.15, 0.2) is 0 Å². The molecule has 2 atom stereocenters. The molecule has 5 nitrogen and oxygen atoms in total. The number of carbonyl (C=O) groups excluding carboxylic acids is 2. The van der Waals surface area contributed by atoms with Crippen molar-refractivity contribution < 1.29 is 9.59 Å². The molecule has 1 aromatic carbocycles. The number of benzene rings is 1. The van der Waals surface area contributed by atoms with Crippen molar-refractivity contribution in [1.82, 2.24) is 10.6 Å². The lowest BCUT2D eigenvalue weighted by atomic mass is 9.90. The third kappa shape index (κ3) is 3.42. The summed E-state index contributed by atoms with van der Waals surface area (Å²) in [5, 5.41) is 9.30. The second kappa shape index (κ2) is 6.26. The van der Waals surface area contributed by atoms with Gasteiger partial charge in [0.05, 0.1) is 5.92 Å². The molecular weight excluding hydrogens is 266 g/mol. The summed E-state index contributed by atoms with van der Waals surface area (Å²) in [6.07, 6.45) is 3.46. The van der Waals surface area contributed by atoms with Crippen LogP contribution in [0.4, 0.5) is 5.69 Å².